The highest BCUT2D eigenvalue weighted by molar-refractivity contribution is 4.95. The van der Waals surface area contributed by atoms with Gasteiger partial charge in [0.1, 0.15) is 0 Å². The predicted octanol–water partition coefficient (Wildman–Crippen LogP) is 0.504. The van der Waals surface area contributed by atoms with Gasteiger partial charge in [-0.15, -0.1) is 0 Å². The van der Waals surface area contributed by atoms with Crippen molar-refractivity contribution in [3.05, 3.63) is 0 Å². The van der Waals surface area contributed by atoms with E-state index in [0.717, 1.165) is 24.5 Å². The summed E-state index contributed by atoms with van der Waals surface area (Å²) in [4.78, 5) is 5.42. The molecule has 2 heterocycles. The van der Waals surface area contributed by atoms with Crippen LogP contribution in [0.5, 0.6) is 0 Å². The summed E-state index contributed by atoms with van der Waals surface area (Å²) in [7, 11) is 0. The van der Waals surface area contributed by atoms with E-state index in [1.54, 1.807) is 0 Å². The van der Waals surface area contributed by atoms with Crippen LogP contribution in [-0.4, -0.2) is 54.6 Å². The van der Waals surface area contributed by atoms with Crippen LogP contribution in [0.4, 0.5) is 0 Å². The molecule has 15 heavy (non-hydrogen) atoms. The standard InChI is InChI=1S/C12H23N3/c13-8-10-3-4-12(10)15-7-6-14-5-1-2-11(14)9-15/h10-12H,1-9,13H2. The number of hydrogen-bond acceptors (Lipinski definition) is 3. The molecule has 3 fully saturated rings. The average Bonchev–Trinajstić information content (AvgIpc) is 2.64. The second kappa shape index (κ2) is 4.04. The van der Waals surface area contributed by atoms with Gasteiger partial charge in [-0.05, 0) is 44.7 Å². The summed E-state index contributed by atoms with van der Waals surface area (Å²) in [6.07, 6.45) is 5.61. The lowest BCUT2D eigenvalue weighted by atomic mass is 9.78. The Balaban J connectivity index is 1.59. The first-order valence-corrected chi connectivity index (χ1v) is 6.56. The SMILES string of the molecule is NCC1CCC1N1CCN2CCCC2C1. The molecule has 0 spiro atoms. The molecule has 0 amide bonds. The Morgan fingerprint density at radius 2 is 1.87 bits per heavy atom. The Kier molecular flexibility index (Phi) is 2.71. The summed E-state index contributed by atoms with van der Waals surface area (Å²) >= 11 is 0. The van der Waals surface area contributed by atoms with Gasteiger partial charge in [-0.25, -0.2) is 0 Å². The van der Waals surface area contributed by atoms with E-state index in [0.29, 0.717) is 0 Å². The van der Waals surface area contributed by atoms with Gasteiger partial charge in [-0.3, -0.25) is 9.80 Å². The lowest BCUT2D eigenvalue weighted by molar-refractivity contribution is 0.00909. The molecule has 2 N–H and O–H groups in total. The third-order valence-electron chi connectivity index (χ3n) is 4.77. The van der Waals surface area contributed by atoms with Crippen LogP contribution in [0.25, 0.3) is 0 Å². The number of fused-ring (bicyclic) bond motifs is 1. The molecule has 3 atom stereocenters. The third kappa shape index (κ3) is 1.71. The normalized spacial score (nSPS) is 42.6. The van der Waals surface area contributed by atoms with Crippen molar-refractivity contribution in [1.82, 2.24) is 9.80 Å². The van der Waals surface area contributed by atoms with Crippen LogP contribution in [0, 0.1) is 5.92 Å². The molecule has 0 aromatic heterocycles. The van der Waals surface area contributed by atoms with Crippen LogP contribution in [0.15, 0.2) is 0 Å². The van der Waals surface area contributed by atoms with E-state index >= 15 is 0 Å². The molecule has 86 valence electrons. The lowest BCUT2D eigenvalue weighted by Gasteiger charge is -2.48. The molecule has 3 unspecified atom stereocenters. The van der Waals surface area contributed by atoms with E-state index in [1.165, 1.54) is 51.9 Å². The van der Waals surface area contributed by atoms with Crippen molar-refractivity contribution in [2.24, 2.45) is 11.7 Å². The first kappa shape index (κ1) is 10.1. The molecule has 0 radical (unpaired) electrons. The second-order valence-electron chi connectivity index (χ2n) is 5.47. The van der Waals surface area contributed by atoms with Crippen LogP contribution < -0.4 is 5.73 Å². The second-order valence-corrected chi connectivity index (χ2v) is 5.47. The first-order valence-electron chi connectivity index (χ1n) is 6.56. The number of nitrogens with two attached hydrogens (primary N) is 1. The summed E-state index contributed by atoms with van der Waals surface area (Å²) < 4.78 is 0. The van der Waals surface area contributed by atoms with Crippen LogP contribution in [-0.2, 0) is 0 Å². The number of rotatable bonds is 2. The van der Waals surface area contributed by atoms with E-state index in [9.17, 15) is 0 Å². The molecular formula is C12H23N3. The van der Waals surface area contributed by atoms with Crippen molar-refractivity contribution in [2.45, 2.75) is 37.8 Å². The molecule has 3 nitrogen and oxygen atoms in total. The summed E-state index contributed by atoms with van der Waals surface area (Å²) in [5.74, 6) is 0.804. The molecule has 0 bridgehead atoms. The maximum Gasteiger partial charge on any atom is 0.0224 e. The quantitative estimate of drug-likeness (QED) is 0.719. The Morgan fingerprint density at radius 1 is 1.00 bits per heavy atom. The molecule has 2 aliphatic heterocycles. The van der Waals surface area contributed by atoms with Gasteiger partial charge in [0.25, 0.3) is 0 Å². The minimum absolute atomic E-state index is 0.804. The van der Waals surface area contributed by atoms with Crippen LogP contribution in [0.1, 0.15) is 25.7 Å². The highest BCUT2D eigenvalue weighted by Crippen LogP contribution is 2.34. The molecule has 3 rings (SSSR count). The Bertz CT molecular complexity index is 229. The van der Waals surface area contributed by atoms with E-state index < -0.39 is 0 Å². The molecule has 1 saturated carbocycles. The van der Waals surface area contributed by atoms with Crippen molar-refractivity contribution in [2.75, 3.05) is 32.7 Å². The van der Waals surface area contributed by atoms with Gasteiger partial charge in [-0.2, -0.15) is 0 Å². The maximum absolute atomic E-state index is 5.80. The smallest absolute Gasteiger partial charge is 0.0224 e. The lowest BCUT2D eigenvalue weighted by Crippen LogP contribution is -2.58. The fraction of sp³-hybridized carbons (Fsp3) is 1.00. The zero-order chi connectivity index (χ0) is 10.3. The van der Waals surface area contributed by atoms with Crippen LogP contribution in [0.2, 0.25) is 0 Å². The number of nitrogens with zero attached hydrogens (tertiary/aromatic N) is 2. The summed E-state index contributed by atoms with van der Waals surface area (Å²) in [6.45, 7) is 6.16. The van der Waals surface area contributed by atoms with Gasteiger partial charge in [-0.1, -0.05) is 0 Å². The monoisotopic (exact) mass is 209 g/mol. The minimum atomic E-state index is 0.804. The molecule has 1 aliphatic carbocycles. The van der Waals surface area contributed by atoms with Gasteiger partial charge >= 0.3 is 0 Å². The molecule has 2 saturated heterocycles. The Labute approximate surface area is 92.6 Å². The molecule has 3 heteroatoms. The Morgan fingerprint density at radius 3 is 2.60 bits per heavy atom. The summed E-state index contributed by atoms with van der Waals surface area (Å²) in [5, 5.41) is 0. The van der Waals surface area contributed by atoms with Crippen molar-refractivity contribution in [3.63, 3.8) is 0 Å². The van der Waals surface area contributed by atoms with E-state index in [4.69, 9.17) is 5.73 Å². The fourth-order valence-corrected chi connectivity index (χ4v) is 3.62. The minimum Gasteiger partial charge on any atom is -0.330 e. The number of hydrogen-bond donors (Lipinski definition) is 1. The van der Waals surface area contributed by atoms with Crippen LogP contribution in [0.3, 0.4) is 0 Å². The van der Waals surface area contributed by atoms with Gasteiger partial charge in [0.2, 0.25) is 0 Å². The fourth-order valence-electron chi connectivity index (χ4n) is 3.62. The van der Waals surface area contributed by atoms with Gasteiger partial charge in [0.15, 0.2) is 0 Å². The molecule has 3 aliphatic rings. The average molecular weight is 209 g/mol. The molecular weight excluding hydrogens is 186 g/mol. The van der Waals surface area contributed by atoms with E-state index in [1.807, 2.05) is 0 Å². The topological polar surface area (TPSA) is 32.5 Å². The predicted molar refractivity (Wildman–Crippen MR) is 61.7 cm³/mol. The van der Waals surface area contributed by atoms with E-state index in [-0.39, 0.29) is 0 Å². The third-order valence-corrected chi connectivity index (χ3v) is 4.77. The van der Waals surface area contributed by atoms with Crippen molar-refractivity contribution >= 4 is 0 Å². The molecule has 0 aromatic rings. The van der Waals surface area contributed by atoms with Gasteiger partial charge < -0.3 is 5.73 Å². The highest BCUT2D eigenvalue weighted by Gasteiger charge is 2.39. The number of piperazine rings is 1. The van der Waals surface area contributed by atoms with E-state index in [2.05, 4.69) is 9.80 Å². The van der Waals surface area contributed by atoms with Gasteiger partial charge in [0, 0.05) is 31.7 Å². The summed E-state index contributed by atoms with van der Waals surface area (Å²) in [6, 6.07) is 1.70. The zero-order valence-electron chi connectivity index (χ0n) is 9.57. The largest absolute Gasteiger partial charge is 0.330 e. The first-order chi connectivity index (χ1) is 7.38. The Hall–Kier alpha value is -0.120. The zero-order valence-corrected chi connectivity index (χ0v) is 9.57. The van der Waals surface area contributed by atoms with Crippen molar-refractivity contribution in [1.29, 1.82) is 0 Å². The molecule has 0 aromatic carbocycles. The summed E-state index contributed by atoms with van der Waals surface area (Å²) in [5.41, 5.74) is 5.80. The van der Waals surface area contributed by atoms with Crippen molar-refractivity contribution in [3.8, 4) is 0 Å². The van der Waals surface area contributed by atoms with Crippen LogP contribution >= 0.6 is 0 Å². The van der Waals surface area contributed by atoms with Gasteiger partial charge in [0.05, 0.1) is 0 Å². The van der Waals surface area contributed by atoms with Crippen molar-refractivity contribution < 1.29 is 0 Å². The maximum atomic E-state index is 5.80. The highest BCUT2D eigenvalue weighted by atomic mass is 15.3.